The predicted octanol–water partition coefficient (Wildman–Crippen LogP) is 4.27. The smallest absolute Gasteiger partial charge is 0.332 e. The minimum atomic E-state index is -0.684. The first-order valence-electron chi connectivity index (χ1n) is 9.86. The van der Waals surface area contributed by atoms with Gasteiger partial charge in [0.25, 0.3) is 5.91 Å². The molecule has 3 aromatic rings. The molecule has 31 heavy (non-hydrogen) atoms. The van der Waals surface area contributed by atoms with Gasteiger partial charge in [-0.2, -0.15) is 0 Å². The summed E-state index contributed by atoms with van der Waals surface area (Å²) in [4.78, 5) is 40.5. The number of benzene rings is 3. The Balaban J connectivity index is 1.47. The van der Waals surface area contributed by atoms with Gasteiger partial charge in [-0.05, 0) is 43.3 Å². The molecule has 1 saturated heterocycles. The summed E-state index contributed by atoms with van der Waals surface area (Å²) in [5.74, 6) is 0.174. The van der Waals surface area contributed by atoms with Crippen LogP contribution >= 0.6 is 0 Å². The third kappa shape index (κ3) is 4.25. The number of ether oxygens (including phenoxy) is 1. The molecular formula is C24H21N3O4. The van der Waals surface area contributed by atoms with Crippen LogP contribution in [0.2, 0.25) is 0 Å². The molecule has 0 saturated carbocycles. The highest BCUT2D eigenvalue weighted by Gasteiger charge is 2.44. The van der Waals surface area contributed by atoms with Gasteiger partial charge in [0, 0.05) is 5.69 Å². The van der Waals surface area contributed by atoms with Crippen LogP contribution in [0.1, 0.15) is 6.92 Å². The van der Waals surface area contributed by atoms with Crippen LogP contribution < -0.4 is 15.0 Å². The van der Waals surface area contributed by atoms with E-state index in [1.807, 2.05) is 24.3 Å². The number of nitrogens with zero attached hydrogens (tertiary/aromatic N) is 2. The lowest BCUT2D eigenvalue weighted by atomic mass is 10.2. The van der Waals surface area contributed by atoms with Crippen molar-refractivity contribution in [3.8, 4) is 11.5 Å². The Bertz CT molecular complexity index is 1100. The summed E-state index contributed by atoms with van der Waals surface area (Å²) in [6, 6.07) is 23.9. The molecule has 1 heterocycles. The molecule has 1 atom stereocenters. The Labute approximate surface area is 179 Å². The SMILES string of the molecule is CC1C(=O)N(CC(=O)Nc2ccccc2Oc2ccccc2)C(=O)N1c1ccccc1. The van der Waals surface area contributed by atoms with E-state index in [-0.39, 0.29) is 6.54 Å². The fraction of sp³-hybridized carbons (Fsp3) is 0.125. The van der Waals surface area contributed by atoms with Crippen LogP contribution in [0.15, 0.2) is 84.9 Å². The molecule has 156 valence electrons. The second-order valence-electron chi connectivity index (χ2n) is 7.05. The van der Waals surface area contributed by atoms with Gasteiger partial charge >= 0.3 is 6.03 Å². The molecule has 3 aromatic carbocycles. The summed E-state index contributed by atoms with van der Waals surface area (Å²) < 4.78 is 5.84. The lowest BCUT2D eigenvalue weighted by molar-refractivity contribution is -0.130. The van der Waals surface area contributed by atoms with Crippen molar-refractivity contribution in [3.63, 3.8) is 0 Å². The van der Waals surface area contributed by atoms with Crippen molar-refractivity contribution in [2.45, 2.75) is 13.0 Å². The number of hydrogen-bond acceptors (Lipinski definition) is 4. The van der Waals surface area contributed by atoms with E-state index in [9.17, 15) is 14.4 Å². The highest BCUT2D eigenvalue weighted by molar-refractivity contribution is 6.16. The van der Waals surface area contributed by atoms with Crippen molar-refractivity contribution in [1.82, 2.24) is 4.90 Å². The first kappa shape index (κ1) is 20.2. The van der Waals surface area contributed by atoms with Gasteiger partial charge in [0.05, 0.1) is 5.69 Å². The number of imide groups is 1. The van der Waals surface area contributed by atoms with Gasteiger partial charge < -0.3 is 10.1 Å². The van der Waals surface area contributed by atoms with Gasteiger partial charge in [0.1, 0.15) is 18.3 Å². The number of para-hydroxylation sites is 4. The highest BCUT2D eigenvalue weighted by Crippen LogP contribution is 2.29. The number of carbonyl (C=O) groups excluding carboxylic acids is 3. The third-order valence-corrected chi connectivity index (χ3v) is 4.92. The second-order valence-corrected chi connectivity index (χ2v) is 7.05. The third-order valence-electron chi connectivity index (χ3n) is 4.92. The number of carbonyl (C=O) groups is 3. The summed E-state index contributed by atoms with van der Waals surface area (Å²) in [6.07, 6.45) is 0. The maximum Gasteiger partial charge on any atom is 0.332 e. The largest absolute Gasteiger partial charge is 0.455 e. The maximum atomic E-state index is 12.8. The number of amides is 4. The van der Waals surface area contributed by atoms with Crippen LogP contribution in [0.5, 0.6) is 11.5 Å². The van der Waals surface area contributed by atoms with Crippen molar-refractivity contribution in [2.75, 3.05) is 16.8 Å². The summed E-state index contributed by atoms with van der Waals surface area (Å²) in [5, 5.41) is 2.74. The van der Waals surface area contributed by atoms with Crippen LogP contribution in [0.4, 0.5) is 16.2 Å². The van der Waals surface area contributed by atoms with Crippen molar-refractivity contribution in [2.24, 2.45) is 0 Å². The van der Waals surface area contributed by atoms with Crippen LogP contribution in [-0.2, 0) is 9.59 Å². The van der Waals surface area contributed by atoms with E-state index in [2.05, 4.69) is 5.32 Å². The summed E-state index contributed by atoms with van der Waals surface area (Å²) in [6.45, 7) is 1.26. The van der Waals surface area contributed by atoms with Gasteiger partial charge in [-0.3, -0.25) is 19.4 Å². The highest BCUT2D eigenvalue weighted by atomic mass is 16.5. The number of hydrogen-bond donors (Lipinski definition) is 1. The molecule has 4 rings (SSSR count). The summed E-state index contributed by atoms with van der Waals surface area (Å²) >= 11 is 0. The Morgan fingerprint density at radius 3 is 2.23 bits per heavy atom. The average Bonchev–Trinajstić information content (AvgIpc) is 2.99. The minimum Gasteiger partial charge on any atom is -0.455 e. The molecular weight excluding hydrogens is 394 g/mol. The van der Waals surface area contributed by atoms with E-state index >= 15 is 0 Å². The Kier molecular flexibility index (Phi) is 5.66. The van der Waals surface area contributed by atoms with Crippen molar-refractivity contribution < 1.29 is 19.1 Å². The molecule has 4 amide bonds. The maximum absolute atomic E-state index is 12.8. The van der Waals surface area contributed by atoms with Gasteiger partial charge in [-0.25, -0.2) is 4.79 Å². The zero-order chi connectivity index (χ0) is 21.8. The molecule has 0 aromatic heterocycles. The van der Waals surface area contributed by atoms with Gasteiger partial charge in [0.2, 0.25) is 5.91 Å². The van der Waals surface area contributed by atoms with E-state index in [1.165, 1.54) is 4.90 Å². The molecule has 0 bridgehead atoms. The van der Waals surface area contributed by atoms with Crippen LogP contribution in [0.25, 0.3) is 0 Å². The molecule has 1 aliphatic rings. The molecule has 1 N–H and O–H groups in total. The van der Waals surface area contributed by atoms with Crippen LogP contribution in [0.3, 0.4) is 0 Å². The molecule has 0 spiro atoms. The monoisotopic (exact) mass is 415 g/mol. The van der Waals surface area contributed by atoms with Gasteiger partial charge in [-0.1, -0.05) is 48.5 Å². The quantitative estimate of drug-likeness (QED) is 0.610. The fourth-order valence-electron chi connectivity index (χ4n) is 3.40. The summed E-state index contributed by atoms with van der Waals surface area (Å²) in [7, 11) is 0. The van der Waals surface area contributed by atoms with Crippen molar-refractivity contribution in [1.29, 1.82) is 0 Å². The van der Waals surface area contributed by atoms with E-state index < -0.39 is 23.9 Å². The van der Waals surface area contributed by atoms with Crippen molar-refractivity contribution in [3.05, 3.63) is 84.9 Å². The fourth-order valence-corrected chi connectivity index (χ4v) is 3.40. The topological polar surface area (TPSA) is 79.0 Å². The second kappa shape index (κ2) is 8.71. The Morgan fingerprint density at radius 2 is 1.52 bits per heavy atom. The number of nitrogens with one attached hydrogen (secondary N) is 1. The zero-order valence-corrected chi connectivity index (χ0v) is 16.9. The Morgan fingerprint density at radius 1 is 0.903 bits per heavy atom. The molecule has 1 aliphatic heterocycles. The predicted molar refractivity (Wildman–Crippen MR) is 117 cm³/mol. The van der Waals surface area contributed by atoms with E-state index in [0.717, 1.165) is 4.90 Å². The Hall–Kier alpha value is -4.13. The lowest BCUT2D eigenvalue weighted by Gasteiger charge is -2.19. The normalized spacial score (nSPS) is 15.8. The molecule has 1 unspecified atom stereocenters. The van der Waals surface area contributed by atoms with E-state index in [0.29, 0.717) is 22.9 Å². The molecule has 0 aliphatic carbocycles. The lowest BCUT2D eigenvalue weighted by Crippen LogP contribution is -2.39. The standard InChI is InChI=1S/C24H21N3O4/c1-17-23(29)26(24(30)27(17)18-10-4-2-5-11-18)16-22(28)25-20-14-8-9-15-21(20)31-19-12-6-3-7-13-19/h2-15,17H,16H2,1H3,(H,25,28). The van der Waals surface area contributed by atoms with Crippen LogP contribution in [0, 0.1) is 0 Å². The van der Waals surface area contributed by atoms with Gasteiger partial charge in [-0.15, -0.1) is 0 Å². The molecule has 7 nitrogen and oxygen atoms in total. The van der Waals surface area contributed by atoms with Crippen molar-refractivity contribution >= 4 is 29.2 Å². The van der Waals surface area contributed by atoms with Crippen LogP contribution in [-0.4, -0.2) is 35.3 Å². The first-order chi connectivity index (χ1) is 15.0. The average molecular weight is 415 g/mol. The number of urea groups is 1. The number of anilines is 2. The summed E-state index contributed by atoms with van der Waals surface area (Å²) in [5.41, 5.74) is 1.06. The van der Waals surface area contributed by atoms with Gasteiger partial charge in [0.15, 0.2) is 5.75 Å². The minimum absolute atomic E-state index is 0.384. The molecule has 0 radical (unpaired) electrons. The molecule has 1 fully saturated rings. The first-order valence-corrected chi connectivity index (χ1v) is 9.86. The zero-order valence-electron chi connectivity index (χ0n) is 16.9. The van der Waals surface area contributed by atoms with E-state index in [4.69, 9.17) is 4.74 Å². The number of rotatable bonds is 6. The molecule has 7 heteroatoms. The van der Waals surface area contributed by atoms with E-state index in [1.54, 1.807) is 67.6 Å².